The van der Waals surface area contributed by atoms with Crippen LogP contribution in [0.4, 0.5) is 0 Å². The van der Waals surface area contributed by atoms with Crippen LogP contribution in [0.5, 0.6) is 0 Å². The highest BCUT2D eigenvalue weighted by atomic mass is 127. The minimum Gasteiger partial charge on any atom is -1.00 e. The zero-order valence-electron chi connectivity index (χ0n) is 7.33. The van der Waals surface area contributed by atoms with Crippen molar-refractivity contribution < 1.29 is 29.7 Å². The third-order valence-corrected chi connectivity index (χ3v) is 2.10. The van der Waals surface area contributed by atoms with Crippen LogP contribution in [0.25, 0.3) is 10.8 Å². The van der Waals surface area contributed by atoms with Crippen molar-refractivity contribution in [2.45, 2.75) is 6.54 Å². The van der Waals surface area contributed by atoms with Crippen molar-refractivity contribution in [3.63, 3.8) is 0 Å². The summed E-state index contributed by atoms with van der Waals surface area (Å²) in [7, 11) is 0. The van der Waals surface area contributed by atoms with E-state index in [1.807, 2.05) is 0 Å². The Morgan fingerprint density at radius 3 is 2.31 bits per heavy atom. The first kappa shape index (κ1) is 10.5. The van der Waals surface area contributed by atoms with Crippen LogP contribution in [-0.2, 0) is 6.54 Å². The van der Waals surface area contributed by atoms with Gasteiger partial charge in [0.15, 0.2) is 0 Å². The second kappa shape index (κ2) is 4.58. The Hall–Kier alpha value is -0.610. The third-order valence-electron chi connectivity index (χ3n) is 2.10. The number of benzene rings is 2. The van der Waals surface area contributed by atoms with E-state index >= 15 is 0 Å². The van der Waals surface area contributed by atoms with E-state index in [1.54, 1.807) is 0 Å². The molecule has 0 aliphatic heterocycles. The van der Waals surface area contributed by atoms with Gasteiger partial charge < -0.3 is 29.7 Å². The Bertz CT molecular complexity index is 398. The van der Waals surface area contributed by atoms with Gasteiger partial charge in [-0.25, -0.2) is 0 Å². The average Bonchev–Trinajstić information content (AvgIpc) is 2.17. The van der Waals surface area contributed by atoms with E-state index in [-0.39, 0.29) is 24.0 Å². The molecule has 0 bridgehead atoms. The van der Waals surface area contributed by atoms with Crippen molar-refractivity contribution in [3.8, 4) is 0 Å². The quantitative estimate of drug-likeness (QED) is 0.623. The first-order valence-corrected chi connectivity index (χ1v) is 4.17. The molecule has 2 rings (SSSR count). The lowest BCUT2D eigenvalue weighted by Crippen LogP contribution is -3.00. The molecule has 2 aromatic rings. The lowest BCUT2D eigenvalue weighted by molar-refractivity contribution is -0.386. The molecule has 2 heteroatoms. The molecule has 0 aliphatic rings. The maximum Gasteiger partial charge on any atom is 0.0997 e. The molecule has 68 valence electrons. The van der Waals surface area contributed by atoms with Gasteiger partial charge in [0.25, 0.3) is 0 Å². The summed E-state index contributed by atoms with van der Waals surface area (Å²) in [5.41, 5.74) is 5.16. The third kappa shape index (κ3) is 2.19. The molecule has 1 nitrogen and oxygen atoms in total. The molecular formula is C11H12IN. The highest BCUT2D eigenvalue weighted by molar-refractivity contribution is 5.82. The molecule has 0 saturated heterocycles. The number of rotatable bonds is 1. The standard InChI is InChI=1S/C11H11N.HI/c12-8-9-5-6-10-3-1-2-4-11(10)7-9;/h1-7H,8,12H2;1H. The SMILES string of the molecule is [I-].[NH3+]Cc1ccc2ccccc2c1. The summed E-state index contributed by atoms with van der Waals surface area (Å²) in [5.74, 6) is 0. The molecule has 3 N–H and O–H groups in total. The summed E-state index contributed by atoms with van der Waals surface area (Å²) >= 11 is 0. The fraction of sp³-hybridized carbons (Fsp3) is 0.0909. The largest absolute Gasteiger partial charge is 1.00 e. The number of hydrogen-bond donors (Lipinski definition) is 1. The predicted molar refractivity (Wildman–Crippen MR) is 50.5 cm³/mol. The number of hydrogen-bond acceptors (Lipinski definition) is 0. The van der Waals surface area contributed by atoms with Crippen molar-refractivity contribution in [1.29, 1.82) is 0 Å². The van der Waals surface area contributed by atoms with Gasteiger partial charge in [0.1, 0.15) is 0 Å². The second-order valence-corrected chi connectivity index (χ2v) is 2.93. The number of quaternary nitrogens is 1. The van der Waals surface area contributed by atoms with Crippen molar-refractivity contribution in [1.82, 2.24) is 0 Å². The minimum absolute atomic E-state index is 0. The van der Waals surface area contributed by atoms with Gasteiger partial charge in [-0.1, -0.05) is 36.4 Å². The molecule has 0 aromatic heterocycles. The van der Waals surface area contributed by atoms with Crippen LogP contribution < -0.4 is 29.7 Å². The molecule has 0 atom stereocenters. The maximum atomic E-state index is 3.86. The monoisotopic (exact) mass is 285 g/mol. The van der Waals surface area contributed by atoms with Crippen LogP contribution >= 0.6 is 0 Å². The molecule has 13 heavy (non-hydrogen) atoms. The Kier molecular flexibility index (Phi) is 3.69. The summed E-state index contributed by atoms with van der Waals surface area (Å²) in [6.45, 7) is 0.866. The Morgan fingerprint density at radius 2 is 1.62 bits per heavy atom. The van der Waals surface area contributed by atoms with Gasteiger partial charge in [-0.3, -0.25) is 0 Å². The molecule has 2 aromatic carbocycles. The van der Waals surface area contributed by atoms with Gasteiger partial charge in [0.05, 0.1) is 6.54 Å². The first-order chi connectivity index (χ1) is 5.90. The number of fused-ring (bicyclic) bond motifs is 1. The Labute approximate surface area is 95.0 Å². The molecule has 0 saturated carbocycles. The Morgan fingerprint density at radius 1 is 0.923 bits per heavy atom. The zero-order valence-corrected chi connectivity index (χ0v) is 9.49. The van der Waals surface area contributed by atoms with E-state index < -0.39 is 0 Å². The van der Waals surface area contributed by atoms with Crippen molar-refractivity contribution in [2.24, 2.45) is 0 Å². The second-order valence-electron chi connectivity index (χ2n) is 2.93. The fourth-order valence-electron chi connectivity index (χ4n) is 1.39. The van der Waals surface area contributed by atoms with Crippen LogP contribution in [0.3, 0.4) is 0 Å². The van der Waals surface area contributed by atoms with Crippen LogP contribution in [0, 0.1) is 0 Å². The molecule has 0 unspecified atom stereocenters. The molecule has 0 heterocycles. The molecule has 0 fully saturated rings. The van der Waals surface area contributed by atoms with Crippen LogP contribution in [0.2, 0.25) is 0 Å². The van der Waals surface area contributed by atoms with E-state index in [4.69, 9.17) is 0 Å². The lowest BCUT2D eigenvalue weighted by atomic mass is 10.1. The molecule has 0 spiro atoms. The summed E-state index contributed by atoms with van der Waals surface area (Å²) in [6, 6.07) is 14.9. The summed E-state index contributed by atoms with van der Waals surface area (Å²) in [6.07, 6.45) is 0. The molecule has 0 aliphatic carbocycles. The lowest BCUT2D eigenvalue weighted by Gasteiger charge is -1.98. The van der Waals surface area contributed by atoms with E-state index in [9.17, 15) is 0 Å². The number of halogens is 1. The van der Waals surface area contributed by atoms with Crippen molar-refractivity contribution in [3.05, 3.63) is 48.0 Å². The van der Waals surface area contributed by atoms with Crippen LogP contribution in [0.15, 0.2) is 42.5 Å². The van der Waals surface area contributed by atoms with Crippen molar-refractivity contribution in [2.75, 3.05) is 0 Å². The summed E-state index contributed by atoms with van der Waals surface area (Å²) < 4.78 is 0. The summed E-state index contributed by atoms with van der Waals surface area (Å²) in [5, 5.41) is 2.60. The van der Waals surface area contributed by atoms with Gasteiger partial charge in [-0.2, -0.15) is 0 Å². The summed E-state index contributed by atoms with van der Waals surface area (Å²) in [4.78, 5) is 0. The average molecular weight is 285 g/mol. The van der Waals surface area contributed by atoms with E-state index in [0.29, 0.717) is 0 Å². The van der Waals surface area contributed by atoms with Gasteiger partial charge in [-0.15, -0.1) is 0 Å². The normalized spacial score (nSPS) is 9.62. The molecular weight excluding hydrogens is 273 g/mol. The van der Waals surface area contributed by atoms with E-state index in [1.165, 1.54) is 16.3 Å². The van der Waals surface area contributed by atoms with Gasteiger partial charge in [0.2, 0.25) is 0 Å². The van der Waals surface area contributed by atoms with Crippen LogP contribution in [-0.4, -0.2) is 0 Å². The predicted octanol–water partition coefficient (Wildman–Crippen LogP) is -1.41. The Balaban J connectivity index is 0.000000845. The topological polar surface area (TPSA) is 27.6 Å². The maximum absolute atomic E-state index is 3.86. The minimum atomic E-state index is 0. The van der Waals surface area contributed by atoms with Gasteiger partial charge in [-0.05, 0) is 16.8 Å². The fourth-order valence-corrected chi connectivity index (χ4v) is 1.39. The van der Waals surface area contributed by atoms with Crippen molar-refractivity contribution >= 4 is 10.8 Å². The first-order valence-electron chi connectivity index (χ1n) is 4.17. The van der Waals surface area contributed by atoms with Crippen LogP contribution in [0.1, 0.15) is 5.56 Å². The molecule has 0 amide bonds. The smallest absolute Gasteiger partial charge is 0.0997 e. The van der Waals surface area contributed by atoms with Gasteiger partial charge in [0, 0.05) is 5.56 Å². The highest BCUT2D eigenvalue weighted by Crippen LogP contribution is 2.14. The zero-order chi connectivity index (χ0) is 8.39. The molecule has 0 radical (unpaired) electrons. The van der Waals surface area contributed by atoms with E-state index in [2.05, 4.69) is 48.2 Å². The van der Waals surface area contributed by atoms with Gasteiger partial charge >= 0.3 is 0 Å². The van der Waals surface area contributed by atoms with E-state index in [0.717, 1.165) is 6.54 Å². The highest BCUT2D eigenvalue weighted by Gasteiger charge is 1.93.